The van der Waals surface area contributed by atoms with Crippen LogP contribution in [-0.2, 0) is 9.57 Å². The number of hydrogen-bond donors (Lipinski definition) is 1. The van der Waals surface area contributed by atoms with E-state index in [-0.39, 0.29) is 11.8 Å². The lowest BCUT2D eigenvalue weighted by Gasteiger charge is -2.12. The molecule has 1 unspecified atom stereocenters. The Morgan fingerprint density at radius 1 is 1.41 bits per heavy atom. The Balaban J connectivity index is 2.49. The molecular formula is C12H19NO4. The summed E-state index contributed by atoms with van der Waals surface area (Å²) < 4.78 is 9.90. The maximum absolute atomic E-state index is 11.2. The van der Waals surface area contributed by atoms with Crippen molar-refractivity contribution in [2.75, 3.05) is 13.7 Å². The van der Waals surface area contributed by atoms with E-state index in [9.17, 15) is 4.79 Å². The quantitative estimate of drug-likeness (QED) is 0.611. The van der Waals surface area contributed by atoms with Crippen molar-refractivity contribution in [1.29, 1.82) is 0 Å². The van der Waals surface area contributed by atoms with Crippen LogP contribution in [-0.4, -0.2) is 19.7 Å². The molecule has 0 amide bonds. The smallest absolute Gasteiger partial charge is 0.373 e. The third-order valence-corrected chi connectivity index (χ3v) is 2.12. The standard InChI is InChI=1S/C12H19NO4/c1-8(2)7-16-13-9(3)10-5-6-11(17-10)12(14)15-4/h5-6,8-9,13H,7H2,1-4H3. The SMILES string of the molecule is COC(=O)c1ccc(C(C)NOCC(C)C)o1. The Labute approximate surface area is 101 Å². The molecule has 1 heterocycles. The lowest BCUT2D eigenvalue weighted by atomic mass is 10.2. The van der Waals surface area contributed by atoms with Crippen LogP contribution in [0.25, 0.3) is 0 Å². The van der Waals surface area contributed by atoms with E-state index in [2.05, 4.69) is 24.1 Å². The fourth-order valence-corrected chi connectivity index (χ4v) is 1.19. The molecule has 5 nitrogen and oxygen atoms in total. The number of hydroxylamine groups is 1. The van der Waals surface area contributed by atoms with Crippen molar-refractivity contribution in [3.63, 3.8) is 0 Å². The van der Waals surface area contributed by atoms with Crippen molar-refractivity contribution in [2.24, 2.45) is 5.92 Å². The fraction of sp³-hybridized carbons (Fsp3) is 0.583. The van der Waals surface area contributed by atoms with Gasteiger partial charge in [0.2, 0.25) is 5.76 Å². The summed E-state index contributed by atoms with van der Waals surface area (Å²) >= 11 is 0. The molecule has 0 bridgehead atoms. The Morgan fingerprint density at radius 2 is 2.12 bits per heavy atom. The monoisotopic (exact) mass is 241 g/mol. The first-order valence-electron chi connectivity index (χ1n) is 5.60. The van der Waals surface area contributed by atoms with E-state index < -0.39 is 5.97 Å². The number of hydrogen-bond acceptors (Lipinski definition) is 5. The summed E-state index contributed by atoms with van der Waals surface area (Å²) in [7, 11) is 1.32. The van der Waals surface area contributed by atoms with Crippen LogP contribution in [0.1, 0.15) is 43.1 Å². The van der Waals surface area contributed by atoms with E-state index in [0.717, 1.165) is 0 Å². The van der Waals surface area contributed by atoms with E-state index >= 15 is 0 Å². The number of esters is 1. The number of rotatable bonds is 6. The number of methoxy groups -OCH3 is 1. The molecule has 1 N–H and O–H groups in total. The van der Waals surface area contributed by atoms with Gasteiger partial charge in [-0.2, -0.15) is 5.48 Å². The van der Waals surface area contributed by atoms with Crippen molar-refractivity contribution < 1.29 is 18.8 Å². The second-order valence-corrected chi connectivity index (χ2v) is 4.24. The molecule has 0 saturated heterocycles. The number of nitrogens with one attached hydrogen (secondary N) is 1. The second kappa shape index (κ2) is 6.42. The van der Waals surface area contributed by atoms with Crippen molar-refractivity contribution in [1.82, 2.24) is 5.48 Å². The Bertz CT molecular complexity index is 359. The van der Waals surface area contributed by atoms with Crippen molar-refractivity contribution in [3.05, 3.63) is 23.7 Å². The highest BCUT2D eigenvalue weighted by atomic mass is 16.6. The van der Waals surface area contributed by atoms with Crippen LogP contribution in [0.4, 0.5) is 0 Å². The molecular weight excluding hydrogens is 222 g/mol. The lowest BCUT2D eigenvalue weighted by Crippen LogP contribution is -2.21. The molecule has 0 radical (unpaired) electrons. The molecule has 0 fully saturated rings. The first-order valence-corrected chi connectivity index (χ1v) is 5.60. The predicted octanol–water partition coefficient (Wildman–Crippen LogP) is 2.30. The predicted molar refractivity (Wildman–Crippen MR) is 62.4 cm³/mol. The van der Waals surface area contributed by atoms with E-state index in [4.69, 9.17) is 9.25 Å². The molecule has 96 valence electrons. The molecule has 0 aliphatic rings. The van der Waals surface area contributed by atoms with Crippen LogP contribution in [0.3, 0.4) is 0 Å². The van der Waals surface area contributed by atoms with Gasteiger partial charge in [0.25, 0.3) is 0 Å². The van der Waals surface area contributed by atoms with Gasteiger partial charge < -0.3 is 14.0 Å². The second-order valence-electron chi connectivity index (χ2n) is 4.24. The minimum atomic E-state index is -0.480. The van der Waals surface area contributed by atoms with Gasteiger partial charge in [0.05, 0.1) is 19.8 Å². The van der Waals surface area contributed by atoms with Crippen LogP contribution in [0.2, 0.25) is 0 Å². The summed E-state index contributed by atoms with van der Waals surface area (Å²) in [6.07, 6.45) is 0. The molecule has 1 atom stereocenters. The third kappa shape index (κ3) is 4.20. The van der Waals surface area contributed by atoms with E-state index in [1.54, 1.807) is 12.1 Å². The summed E-state index contributed by atoms with van der Waals surface area (Å²) in [6.45, 7) is 6.64. The summed E-state index contributed by atoms with van der Waals surface area (Å²) in [5.74, 6) is 0.803. The zero-order valence-electron chi connectivity index (χ0n) is 10.6. The van der Waals surface area contributed by atoms with Crippen LogP contribution >= 0.6 is 0 Å². The van der Waals surface area contributed by atoms with E-state index in [1.165, 1.54) is 7.11 Å². The molecule has 0 aliphatic heterocycles. The minimum Gasteiger partial charge on any atom is -0.463 e. The zero-order valence-corrected chi connectivity index (χ0v) is 10.6. The van der Waals surface area contributed by atoms with Crippen molar-refractivity contribution >= 4 is 5.97 Å². The average Bonchev–Trinajstić information content (AvgIpc) is 2.76. The molecule has 1 aromatic heterocycles. The van der Waals surface area contributed by atoms with Gasteiger partial charge in [-0.15, -0.1) is 0 Å². The summed E-state index contributed by atoms with van der Waals surface area (Å²) in [5.41, 5.74) is 2.85. The van der Waals surface area contributed by atoms with Gasteiger partial charge in [0, 0.05) is 0 Å². The fourth-order valence-electron chi connectivity index (χ4n) is 1.19. The van der Waals surface area contributed by atoms with Crippen LogP contribution in [0, 0.1) is 5.92 Å². The van der Waals surface area contributed by atoms with Gasteiger partial charge >= 0.3 is 5.97 Å². The maximum Gasteiger partial charge on any atom is 0.373 e. The normalized spacial score (nSPS) is 12.8. The average molecular weight is 241 g/mol. The van der Waals surface area contributed by atoms with Gasteiger partial charge in [0.15, 0.2) is 0 Å². The first kappa shape index (κ1) is 13.7. The molecule has 0 aliphatic carbocycles. The minimum absolute atomic E-state index is 0.118. The van der Waals surface area contributed by atoms with E-state index in [0.29, 0.717) is 18.3 Å². The first-order chi connectivity index (χ1) is 8.04. The number of carbonyl (C=O) groups excluding carboxylic acids is 1. The lowest BCUT2D eigenvalue weighted by molar-refractivity contribution is -0.000399. The summed E-state index contributed by atoms with van der Waals surface area (Å²) in [6, 6.07) is 3.19. The number of carbonyl (C=O) groups is 1. The topological polar surface area (TPSA) is 60.7 Å². The largest absolute Gasteiger partial charge is 0.463 e. The zero-order chi connectivity index (χ0) is 12.8. The Morgan fingerprint density at radius 3 is 2.71 bits per heavy atom. The van der Waals surface area contributed by atoms with Gasteiger partial charge in [-0.05, 0) is 25.0 Å². The maximum atomic E-state index is 11.2. The molecule has 0 spiro atoms. The van der Waals surface area contributed by atoms with Gasteiger partial charge in [0.1, 0.15) is 5.76 Å². The highest BCUT2D eigenvalue weighted by Crippen LogP contribution is 2.16. The van der Waals surface area contributed by atoms with Crippen LogP contribution in [0.5, 0.6) is 0 Å². The third-order valence-electron chi connectivity index (χ3n) is 2.12. The molecule has 1 aromatic rings. The highest BCUT2D eigenvalue weighted by molar-refractivity contribution is 5.86. The molecule has 5 heteroatoms. The Kier molecular flexibility index (Phi) is 5.18. The molecule has 0 aromatic carbocycles. The Hall–Kier alpha value is -1.33. The van der Waals surface area contributed by atoms with Crippen molar-refractivity contribution in [3.8, 4) is 0 Å². The van der Waals surface area contributed by atoms with Gasteiger partial charge in [-0.25, -0.2) is 4.79 Å². The van der Waals surface area contributed by atoms with Gasteiger partial charge in [-0.1, -0.05) is 13.8 Å². The van der Waals surface area contributed by atoms with Crippen LogP contribution in [0.15, 0.2) is 16.5 Å². The van der Waals surface area contributed by atoms with Crippen molar-refractivity contribution in [2.45, 2.75) is 26.8 Å². The highest BCUT2D eigenvalue weighted by Gasteiger charge is 2.15. The van der Waals surface area contributed by atoms with Gasteiger partial charge in [-0.3, -0.25) is 0 Å². The van der Waals surface area contributed by atoms with E-state index in [1.807, 2.05) is 6.92 Å². The summed E-state index contributed by atoms with van der Waals surface area (Å²) in [5, 5.41) is 0. The van der Waals surface area contributed by atoms with Crippen LogP contribution < -0.4 is 5.48 Å². The number of ether oxygens (including phenoxy) is 1. The summed E-state index contributed by atoms with van der Waals surface area (Å²) in [4.78, 5) is 16.5. The molecule has 17 heavy (non-hydrogen) atoms. The number of furan rings is 1. The molecule has 0 saturated carbocycles. The molecule has 1 rings (SSSR count).